The Balaban J connectivity index is 1.87. The van der Waals surface area contributed by atoms with Crippen molar-refractivity contribution in [2.24, 2.45) is 11.8 Å². The minimum atomic E-state index is -3.42. The molecule has 0 unspecified atom stereocenters. The molecule has 3 rings (SSSR count). The average molecular weight is 321 g/mol. The topological polar surface area (TPSA) is 50.3 Å². The molecule has 1 heterocycles. The normalized spacial score (nSPS) is 20.2. The third kappa shape index (κ3) is 3.12. The van der Waals surface area contributed by atoms with E-state index in [1.54, 1.807) is 11.2 Å². The molecule has 0 bridgehead atoms. The Kier molecular flexibility index (Phi) is 3.62. The summed E-state index contributed by atoms with van der Waals surface area (Å²) in [7, 11) is -3.42. The molecule has 1 aromatic rings. The smallest absolute Gasteiger partial charge is 0.229 e. The first kappa shape index (κ1) is 13.8. The molecule has 2 fully saturated rings. The summed E-state index contributed by atoms with van der Waals surface area (Å²) in [6, 6.07) is 0. The van der Waals surface area contributed by atoms with Crippen molar-refractivity contribution in [2.45, 2.75) is 36.8 Å². The van der Waals surface area contributed by atoms with Crippen LogP contribution >= 0.6 is 22.9 Å². The van der Waals surface area contributed by atoms with Gasteiger partial charge in [0.2, 0.25) is 0 Å². The lowest BCUT2D eigenvalue weighted by molar-refractivity contribution is 0.383. The fraction of sp³-hybridized carbons (Fsp3) is 0.750. The summed E-state index contributed by atoms with van der Waals surface area (Å²) in [6.45, 7) is 3.03. The number of sulfonamides is 1. The number of aromatic nitrogens is 1. The Bertz CT molecular complexity index is 563. The highest BCUT2D eigenvalue weighted by atomic mass is 35.5. The van der Waals surface area contributed by atoms with E-state index in [0.29, 0.717) is 39.3 Å². The maximum absolute atomic E-state index is 12.7. The second-order valence-corrected chi connectivity index (χ2v) is 9.26. The second kappa shape index (κ2) is 4.98. The van der Waals surface area contributed by atoms with Crippen molar-refractivity contribution >= 4 is 33.0 Å². The number of rotatable bonds is 6. The van der Waals surface area contributed by atoms with Gasteiger partial charge in [0.05, 0.1) is 5.69 Å². The largest absolute Gasteiger partial charge is 0.254 e. The lowest BCUT2D eigenvalue weighted by atomic mass is 10.4. The number of hydrogen-bond acceptors (Lipinski definition) is 4. The summed E-state index contributed by atoms with van der Waals surface area (Å²) in [4.78, 5) is 4.03. The van der Waals surface area contributed by atoms with Gasteiger partial charge in [0.15, 0.2) is 8.68 Å². The molecular weight excluding hydrogens is 304 g/mol. The quantitative estimate of drug-likeness (QED) is 0.809. The summed E-state index contributed by atoms with van der Waals surface area (Å²) in [6.07, 6.45) is 4.61. The summed E-state index contributed by atoms with van der Waals surface area (Å²) < 4.78 is 27.7. The summed E-state index contributed by atoms with van der Waals surface area (Å²) in [5.41, 5.74) is 0.520. The van der Waals surface area contributed by atoms with Crippen LogP contribution in [-0.2, 0) is 10.0 Å². The average Bonchev–Trinajstić information content (AvgIpc) is 3.21. The predicted molar refractivity (Wildman–Crippen MR) is 76.1 cm³/mol. The van der Waals surface area contributed by atoms with Crippen LogP contribution < -0.4 is 0 Å². The van der Waals surface area contributed by atoms with Crippen molar-refractivity contribution in [1.82, 2.24) is 9.29 Å². The van der Waals surface area contributed by atoms with Gasteiger partial charge in [0, 0.05) is 13.1 Å². The van der Waals surface area contributed by atoms with E-state index in [9.17, 15) is 8.42 Å². The second-order valence-electron chi connectivity index (χ2n) is 5.55. The molecule has 2 aliphatic carbocycles. The third-order valence-corrected chi connectivity index (χ3v) is 7.30. The molecule has 4 nitrogen and oxygen atoms in total. The van der Waals surface area contributed by atoms with Gasteiger partial charge in [-0.05, 0) is 44.4 Å². The van der Waals surface area contributed by atoms with Crippen LogP contribution in [0.4, 0.5) is 0 Å². The molecule has 0 aliphatic heterocycles. The zero-order valence-electron chi connectivity index (χ0n) is 10.8. The first-order valence-electron chi connectivity index (χ1n) is 6.60. The highest BCUT2D eigenvalue weighted by Gasteiger charge is 2.37. The molecule has 0 aromatic carbocycles. The maximum Gasteiger partial charge on any atom is 0.254 e. The van der Waals surface area contributed by atoms with E-state index in [4.69, 9.17) is 11.6 Å². The monoisotopic (exact) mass is 320 g/mol. The van der Waals surface area contributed by atoms with Gasteiger partial charge in [0.1, 0.15) is 0 Å². The third-order valence-electron chi connectivity index (χ3n) is 3.62. The van der Waals surface area contributed by atoms with Crippen LogP contribution in [0, 0.1) is 18.8 Å². The molecule has 7 heteroatoms. The maximum atomic E-state index is 12.7. The van der Waals surface area contributed by atoms with Crippen molar-refractivity contribution in [3.05, 3.63) is 10.2 Å². The van der Waals surface area contributed by atoms with Crippen molar-refractivity contribution in [3.63, 3.8) is 0 Å². The molecule has 2 aliphatic rings. The Morgan fingerprint density at radius 1 is 1.26 bits per heavy atom. The SMILES string of the molecule is Cc1nc(Cl)sc1S(=O)(=O)N(CC1CC1)CC1CC1. The first-order chi connectivity index (χ1) is 8.96. The Hall–Kier alpha value is -0.170. The fourth-order valence-electron chi connectivity index (χ4n) is 2.15. The Morgan fingerprint density at radius 3 is 2.16 bits per heavy atom. The van der Waals surface area contributed by atoms with Crippen molar-refractivity contribution in [2.75, 3.05) is 13.1 Å². The molecule has 1 aromatic heterocycles. The molecule has 106 valence electrons. The molecular formula is C12H17ClN2O2S2. The fourth-order valence-corrected chi connectivity index (χ4v) is 5.62. The van der Waals surface area contributed by atoms with Crippen LogP contribution in [0.2, 0.25) is 4.47 Å². The van der Waals surface area contributed by atoms with E-state index >= 15 is 0 Å². The Labute approximate surface area is 122 Å². The van der Waals surface area contributed by atoms with Gasteiger partial charge in [-0.1, -0.05) is 22.9 Å². The standard InChI is InChI=1S/C12H17ClN2O2S2/c1-8-11(18-12(13)14-8)19(16,17)15(6-9-2-3-9)7-10-4-5-10/h9-10H,2-7H2,1H3. The highest BCUT2D eigenvalue weighted by Crippen LogP contribution is 2.37. The van der Waals surface area contributed by atoms with Gasteiger partial charge in [0.25, 0.3) is 10.0 Å². The van der Waals surface area contributed by atoms with Crippen LogP contribution in [0.15, 0.2) is 4.21 Å². The van der Waals surface area contributed by atoms with Gasteiger partial charge in [-0.15, -0.1) is 0 Å². The zero-order chi connectivity index (χ0) is 13.6. The van der Waals surface area contributed by atoms with E-state index in [1.807, 2.05) is 0 Å². The number of halogens is 1. The number of hydrogen-bond donors (Lipinski definition) is 0. The molecule has 0 saturated heterocycles. The molecule has 0 radical (unpaired) electrons. The lowest BCUT2D eigenvalue weighted by Crippen LogP contribution is -2.34. The predicted octanol–water partition coefficient (Wildman–Crippen LogP) is 2.92. The summed E-state index contributed by atoms with van der Waals surface area (Å²) >= 11 is 6.91. The van der Waals surface area contributed by atoms with Crippen molar-refractivity contribution < 1.29 is 8.42 Å². The minimum absolute atomic E-state index is 0.300. The van der Waals surface area contributed by atoms with Crippen molar-refractivity contribution in [3.8, 4) is 0 Å². The molecule has 0 N–H and O–H groups in total. The molecule has 0 amide bonds. The minimum Gasteiger partial charge on any atom is -0.229 e. The van der Waals surface area contributed by atoms with Gasteiger partial charge < -0.3 is 0 Å². The van der Waals surface area contributed by atoms with E-state index in [-0.39, 0.29) is 0 Å². The van der Waals surface area contributed by atoms with Crippen molar-refractivity contribution in [1.29, 1.82) is 0 Å². The lowest BCUT2D eigenvalue weighted by Gasteiger charge is -2.21. The number of thiazole rings is 1. The molecule has 19 heavy (non-hydrogen) atoms. The summed E-state index contributed by atoms with van der Waals surface area (Å²) in [5.74, 6) is 1.11. The van der Waals surface area contributed by atoms with E-state index in [1.165, 1.54) is 0 Å². The van der Waals surface area contributed by atoms with Crippen LogP contribution in [0.1, 0.15) is 31.4 Å². The first-order valence-corrected chi connectivity index (χ1v) is 9.23. The molecule has 0 spiro atoms. The highest BCUT2D eigenvalue weighted by molar-refractivity contribution is 7.91. The van der Waals surface area contributed by atoms with Crippen LogP contribution in [0.25, 0.3) is 0 Å². The molecule has 2 saturated carbocycles. The molecule has 0 atom stereocenters. The van der Waals surface area contributed by atoms with Gasteiger partial charge in [-0.2, -0.15) is 4.31 Å². The number of nitrogens with zero attached hydrogens (tertiary/aromatic N) is 2. The number of aryl methyl sites for hydroxylation is 1. The van der Waals surface area contributed by atoms with Crippen LogP contribution in [0.3, 0.4) is 0 Å². The van der Waals surface area contributed by atoms with Gasteiger partial charge >= 0.3 is 0 Å². The van der Waals surface area contributed by atoms with Gasteiger partial charge in [-0.3, -0.25) is 0 Å². The van der Waals surface area contributed by atoms with E-state index < -0.39 is 10.0 Å². The summed E-state index contributed by atoms with van der Waals surface area (Å²) in [5, 5.41) is 0. The Morgan fingerprint density at radius 2 is 1.79 bits per heavy atom. The van der Waals surface area contributed by atoms with E-state index in [2.05, 4.69) is 4.98 Å². The van der Waals surface area contributed by atoms with Gasteiger partial charge in [-0.25, -0.2) is 13.4 Å². The van der Waals surface area contributed by atoms with Crippen LogP contribution in [0.5, 0.6) is 0 Å². The zero-order valence-corrected chi connectivity index (χ0v) is 13.2. The van der Waals surface area contributed by atoms with Crippen LogP contribution in [-0.4, -0.2) is 30.8 Å². The van der Waals surface area contributed by atoms with E-state index in [0.717, 1.165) is 37.0 Å².